The second kappa shape index (κ2) is 5.40. The van der Waals surface area contributed by atoms with E-state index in [1.54, 1.807) is 0 Å². The fraction of sp³-hybridized carbons (Fsp3) is 0.818. The molecule has 0 radical (unpaired) electrons. The van der Waals surface area contributed by atoms with Crippen LogP contribution < -0.4 is 0 Å². The summed E-state index contributed by atoms with van der Waals surface area (Å²) >= 11 is 0. The highest BCUT2D eigenvalue weighted by molar-refractivity contribution is 4.98. The van der Waals surface area contributed by atoms with E-state index in [0.717, 1.165) is 6.54 Å². The molecule has 2 heteroatoms. The quantitative estimate of drug-likeness (QED) is 0.598. The topological polar surface area (TPSA) is 6.48 Å². The van der Waals surface area contributed by atoms with Gasteiger partial charge in [-0.3, -0.25) is 4.90 Å². The normalized spacial score (nSPS) is 23.2. The first-order valence-corrected chi connectivity index (χ1v) is 5.25. The molecule has 0 bridgehead atoms. The maximum atomic E-state index is 2.55. The van der Waals surface area contributed by atoms with Crippen LogP contribution in [0.25, 0.3) is 0 Å². The molecule has 1 rings (SSSR count). The van der Waals surface area contributed by atoms with E-state index in [0.29, 0.717) is 0 Å². The molecule has 0 aromatic heterocycles. The van der Waals surface area contributed by atoms with E-state index in [2.05, 4.69) is 36.8 Å². The second-order valence-electron chi connectivity index (χ2n) is 4.07. The van der Waals surface area contributed by atoms with Gasteiger partial charge in [0, 0.05) is 19.6 Å². The third-order valence-corrected chi connectivity index (χ3v) is 2.78. The molecule has 1 fully saturated rings. The number of rotatable bonds is 2. The van der Waals surface area contributed by atoms with Gasteiger partial charge >= 0.3 is 0 Å². The zero-order chi connectivity index (χ0) is 9.68. The number of nitrogens with zero attached hydrogens (tertiary/aromatic N) is 2. The summed E-state index contributed by atoms with van der Waals surface area (Å²) < 4.78 is 0. The first-order chi connectivity index (χ1) is 6.22. The Bertz CT molecular complexity index is 175. The van der Waals surface area contributed by atoms with Gasteiger partial charge in [0.15, 0.2) is 0 Å². The van der Waals surface area contributed by atoms with Crippen LogP contribution in [0, 0.1) is 0 Å². The molecule has 0 N–H and O–H groups in total. The molecule has 0 saturated carbocycles. The molecule has 0 spiro atoms. The number of allylic oxidation sites excluding steroid dienone is 1. The molecule has 1 saturated heterocycles. The largest absolute Gasteiger partial charge is 0.305 e. The fourth-order valence-corrected chi connectivity index (χ4v) is 1.70. The molecule has 2 nitrogen and oxygen atoms in total. The smallest absolute Gasteiger partial charge is 0.0190 e. The summed E-state index contributed by atoms with van der Waals surface area (Å²) in [6.07, 6.45) is 3.53. The lowest BCUT2D eigenvalue weighted by Crippen LogP contribution is -2.30. The van der Waals surface area contributed by atoms with Gasteiger partial charge in [-0.2, -0.15) is 0 Å². The first-order valence-electron chi connectivity index (χ1n) is 5.25. The van der Waals surface area contributed by atoms with Gasteiger partial charge in [-0.05, 0) is 40.4 Å². The van der Waals surface area contributed by atoms with E-state index < -0.39 is 0 Å². The van der Waals surface area contributed by atoms with Crippen LogP contribution in [0.5, 0.6) is 0 Å². The third-order valence-electron chi connectivity index (χ3n) is 2.78. The predicted octanol–water partition coefficient (Wildman–Crippen LogP) is 1.59. The molecule has 76 valence electrons. The Hall–Kier alpha value is -0.340. The highest BCUT2D eigenvalue weighted by Gasteiger charge is 2.11. The van der Waals surface area contributed by atoms with Crippen LogP contribution >= 0.6 is 0 Å². The molecule has 0 aromatic carbocycles. The average Bonchev–Trinajstić information content (AvgIpc) is 2.31. The number of likely N-dealkylation sites (N-methyl/N-ethyl adjacent to an activating group) is 1. The van der Waals surface area contributed by atoms with Gasteiger partial charge in [0.2, 0.25) is 0 Å². The van der Waals surface area contributed by atoms with Crippen molar-refractivity contribution >= 4 is 0 Å². The second-order valence-corrected chi connectivity index (χ2v) is 4.07. The molecule has 0 unspecified atom stereocenters. The van der Waals surface area contributed by atoms with Crippen LogP contribution in [0.1, 0.15) is 20.3 Å². The van der Waals surface area contributed by atoms with E-state index >= 15 is 0 Å². The van der Waals surface area contributed by atoms with Crippen LogP contribution in [0.4, 0.5) is 0 Å². The van der Waals surface area contributed by atoms with E-state index in [1.165, 1.54) is 38.2 Å². The molecule has 1 aliphatic rings. The summed E-state index contributed by atoms with van der Waals surface area (Å²) in [7, 11) is 2.21. The molecule has 0 aromatic rings. The molecule has 13 heavy (non-hydrogen) atoms. The zero-order valence-corrected chi connectivity index (χ0v) is 9.21. The van der Waals surface area contributed by atoms with Crippen molar-refractivity contribution in [3.63, 3.8) is 0 Å². The van der Waals surface area contributed by atoms with Crippen molar-refractivity contribution < 1.29 is 0 Å². The Kier molecular flexibility index (Phi) is 4.46. The Labute approximate surface area is 82.2 Å². The number of hydrogen-bond donors (Lipinski definition) is 0. The molecular weight excluding hydrogens is 160 g/mol. The summed E-state index contributed by atoms with van der Waals surface area (Å²) in [5.74, 6) is 0. The van der Waals surface area contributed by atoms with Crippen molar-refractivity contribution in [2.75, 3.05) is 39.8 Å². The van der Waals surface area contributed by atoms with Crippen molar-refractivity contribution in [1.29, 1.82) is 0 Å². The van der Waals surface area contributed by atoms with Gasteiger partial charge in [0.1, 0.15) is 0 Å². The summed E-state index contributed by atoms with van der Waals surface area (Å²) in [6, 6.07) is 0. The Morgan fingerprint density at radius 2 is 2.00 bits per heavy atom. The standard InChI is InChI=1S/C11H22N2/c1-4-11(2)10-13-7-5-6-12(3)8-9-13/h4H,5-10H2,1-3H3. The van der Waals surface area contributed by atoms with Crippen LogP contribution in [0.2, 0.25) is 0 Å². The van der Waals surface area contributed by atoms with Crippen molar-refractivity contribution in [3.8, 4) is 0 Å². The van der Waals surface area contributed by atoms with Crippen molar-refractivity contribution in [1.82, 2.24) is 9.80 Å². The SMILES string of the molecule is CC=C(C)CN1CCCN(C)CC1. The van der Waals surface area contributed by atoms with E-state index in [9.17, 15) is 0 Å². The highest BCUT2D eigenvalue weighted by Crippen LogP contribution is 2.04. The average molecular weight is 182 g/mol. The summed E-state index contributed by atoms with van der Waals surface area (Å²) in [5, 5.41) is 0. The maximum Gasteiger partial charge on any atom is 0.0190 e. The molecule has 0 atom stereocenters. The maximum absolute atomic E-state index is 2.55. The predicted molar refractivity (Wildman–Crippen MR) is 58.0 cm³/mol. The summed E-state index contributed by atoms with van der Waals surface area (Å²) in [6.45, 7) is 10.5. The monoisotopic (exact) mass is 182 g/mol. The fourth-order valence-electron chi connectivity index (χ4n) is 1.70. The van der Waals surface area contributed by atoms with Gasteiger partial charge in [-0.15, -0.1) is 0 Å². The molecule has 0 aliphatic carbocycles. The number of hydrogen-bond acceptors (Lipinski definition) is 2. The minimum atomic E-state index is 1.16. The van der Waals surface area contributed by atoms with Crippen LogP contribution in [-0.2, 0) is 0 Å². The van der Waals surface area contributed by atoms with E-state index in [-0.39, 0.29) is 0 Å². The lowest BCUT2D eigenvalue weighted by atomic mass is 10.2. The Morgan fingerprint density at radius 1 is 1.23 bits per heavy atom. The third kappa shape index (κ3) is 3.92. The van der Waals surface area contributed by atoms with Gasteiger partial charge < -0.3 is 4.90 Å². The summed E-state index contributed by atoms with van der Waals surface area (Å²) in [5.41, 5.74) is 1.49. The van der Waals surface area contributed by atoms with Crippen molar-refractivity contribution in [2.45, 2.75) is 20.3 Å². The highest BCUT2D eigenvalue weighted by atomic mass is 15.2. The van der Waals surface area contributed by atoms with Crippen LogP contribution in [-0.4, -0.2) is 49.6 Å². The lowest BCUT2D eigenvalue weighted by molar-refractivity contribution is 0.295. The van der Waals surface area contributed by atoms with Gasteiger partial charge in [-0.1, -0.05) is 11.6 Å². The first kappa shape index (κ1) is 10.7. The van der Waals surface area contributed by atoms with Gasteiger partial charge in [0.05, 0.1) is 0 Å². The minimum Gasteiger partial charge on any atom is -0.305 e. The molecule has 1 aliphatic heterocycles. The van der Waals surface area contributed by atoms with Gasteiger partial charge in [-0.25, -0.2) is 0 Å². The Balaban J connectivity index is 2.34. The zero-order valence-electron chi connectivity index (χ0n) is 9.21. The van der Waals surface area contributed by atoms with Crippen LogP contribution in [0.15, 0.2) is 11.6 Å². The van der Waals surface area contributed by atoms with E-state index in [4.69, 9.17) is 0 Å². The Morgan fingerprint density at radius 3 is 2.69 bits per heavy atom. The molecular formula is C11H22N2. The molecule has 0 amide bonds. The minimum absolute atomic E-state index is 1.16. The molecule has 1 heterocycles. The lowest BCUT2D eigenvalue weighted by Gasteiger charge is -2.20. The van der Waals surface area contributed by atoms with Gasteiger partial charge in [0.25, 0.3) is 0 Å². The van der Waals surface area contributed by atoms with E-state index in [1.807, 2.05) is 0 Å². The van der Waals surface area contributed by atoms with Crippen LogP contribution in [0.3, 0.4) is 0 Å². The van der Waals surface area contributed by atoms with Crippen molar-refractivity contribution in [3.05, 3.63) is 11.6 Å². The summed E-state index contributed by atoms with van der Waals surface area (Å²) in [4.78, 5) is 4.98. The van der Waals surface area contributed by atoms with Crippen molar-refractivity contribution in [2.24, 2.45) is 0 Å².